The molecule has 2 aromatic rings. The van der Waals surface area contributed by atoms with Gasteiger partial charge in [0.15, 0.2) is 0 Å². The van der Waals surface area contributed by atoms with Crippen LogP contribution in [0.5, 0.6) is 11.5 Å². The van der Waals surface area contributed by atoms with Crippen LogP contribution in [0.1, 0.15) is 18.5 Å². The summed E-state index contributed by atoms with van der Waals surface area (Å²) in [5.74, 6) is 0.641. The molecule has 0 radical (unpaired) electrons. The molecule has 2 rings (SSSR count). The lowest BCUT2D eigenvalue weighted by molar-refractivity contribution is 0.461. The second-order valence-corrected chi connectivity index (χ2v) is 4.63. The van der Waals surface area contributed by atoms with Crippen molar-refractivity contribution in [2.75, 3.05) is 7.05 Å². The van der Waals surface area contributed by atoms with Gasteiger partial charge >= 0.3 is 0 Å². The fraction of sp³-hybridized carbons (Fsp3) is 0.200. The molecule has 0 aliphatic heterocycles. The smallest absolute Gasteiger partial charge is 0.145 e. The molecule has 0 saturated heterocycles. The van der Waals surface area contributed by atoms with Crippen molar-refractivity contribution >= 4 is 11.6 Å². The Balaban J connectivity index is 2.30. The summed E-state index contributed by atoms with van der Waals surface area (Å²) in [6, 6.07) is 12.2. The molecule has 0 aromatic heterocycles. The fourth-order valence-corrected chi connectivity index (χ4v) is 1.87. The molecule has 19 heavy (non-hydrogen) atoms. The van der Waals surface area contributed by atoms with Crippen LogP contribution >= 0.6 is 11.6 Å². The SMILES string of the molecule is CNC(C)c1ccccc1Oc1ccc(Cl)c(F)c1. The van der Waals surface area contributed by atoms with E-state index in [0.29, 0.717) is 11.5 Å². The Labute approximate surface area is 117 Å². The Hall–Kier alpha value is -1.58. The minimum atomic E-state index is -0.488. The normalized spacial score (nSPS) is 12.2. The average Bonchev–Trinajstić information content (AvgIpc) is 2.43. The highest BCUT2D eigenvalue weighted by Gasteiger charge is 2.10. The number of hydrogen-bond donors (Lipinski definition) is 1. The first kappa shape index (κ1) is 13.8. The van der Waals surface area contributed by atoms with Gasteiger partial charge < -0.3 is 10.1 Å². The minimum absolute atomic E-state index is 0.0872. The van der Waals surface area contributed by atoms with Gasteiger partial charge in [-0.25, -0.2) is 4.39 Å². The van der Waals surface area contributed by atoms with Gasteiger partial charge in [-0.2, -0.15) is 0 Å². The van der Waals surface area contributed by atoms with E-state index in [0.717, 1.165) is 5.56 Å². The highest BCUT2D eigenvalue weighted by molar-refractivity contribution is 6.30. The van der Waals surface area contributed by atoms with Gasteiger partial charge in [0.05, 0.1) is 5.02 Å². The maximum Gasteiger partial charge on any atom is 0.145 e. The zero-order valence-electron chi connectivity index (χ0n) is 10.8. The standard InChI is InChI=1S/C15H15ClFNO/c1-10(18-2)12-5-3-4-6-15(12)19-11-7-8-13(16)14(17)9-11/h3-10,18H,1-2H3. The van der Waals surface area contributed by atoms with Crippen LogP contribution in [0.25, 0.3) is 0 Å². The van der Waals surface area contributed by atoms with Crippen molar-refractivity contribution in [1.82, 2.24) is 5.32 Å². The topological polar surface area (TPSA) is 21.3 Å². The van der Waals surface area contributed by atoms with Gasteiger partial charge in [0.25, 0.3) is 0 Å². The van der Waals surface area contributed by atoms with Gasteiger partial charge in [-0.05, 0) is 32.2 Å². The van der Waals surface area contributed by atoms with E-state index in [1.165, 1.54) is 12.1 Å². The quantitative estimate of drug-likeness (QED) is 0.886. The first-order chi connectivity index (χ1) is 9.11. The molecule has 0 fully saturated rings. The molecule has 0 spiro atoms. The van der Waals surface area contributed by atoms with E-state index in [4.69, 9.17) is 16.3 Å². The van der Waals surface area contributed by atoms with E-state index in [1.54, 1.807) is 6.07 Å². The molecule has 0 heterocycles. The summed E-state index contributed by atoms with van der Waals surface area (Å²) in [4.78, 5) is 0. The summed E-state index contributed by atoms with van der Waals surface area (Å²) in [5.41, 5.74) is 1.01. The van der Waals surface area contributed by atoms with Crippen molar-refractivity contribution in [3.05, 3.63) is 58.9 Å². The van der Waals surface area contributed by atoms with Crippen LogP contribution in [0.4, 0.5) is 4.39 Å². The van der Waals surface area contributed by atoms with Gasteiger partial charge in [0.2, 0.25) is 0 Å². The third-order valence-electron chi connectivity index (χ3n) is 2.94. The summed E-state index contributed by atoms with van der Waals surface area (Å²) < 4.78 is 19.1. The van der Waals surface area contributed by atoms with Gasteiger partial charge in [0.1, 0.15) is 17.3 Å². The Kier molecular flexibility index (Phi) is 4.40. The number of benzene rings is 2. The van der Waals surface area contributed by atoms with E-state index in [9.17, 15) is 4.39 Å². The molecule has 0 amide bonds. The third kappa shape index (κ3) is 3.25. The summed E-state index contributed by atoms with van der Waals surface area (Å²) in [5, 5.41) is 3.24. The zero-order chi connectivity index (χ0) is 13.8. The molecule has 0 aliphatic carbocycles. The number of para-hydroxylation sites is 1. The Bertz CT molecular complexity index is 574. The number of hydrogen-bond acceptors (Lipinski definition) is 2. The molecule has 0 aliphatic rings. The van der Waals surface area contributed by atoms with Gasteiger partial charge in [-0.15, -0.1) is 0 Å². The number of rotatable bonds is 4. The molecular weight excluding hydrogens is 265 g/mol. The number of ether oxygens (including phenoxy) is 1. The van der Waals surface area contributed by atoms with Crippen molar-refractivity contribution in [2.24, 2.45) is 0 Å². The molecule has 1 atom stereocenters. The molecule has 2 nitrogen and oxygen atoms in total. The molecule has 2 aromatic carbocycles. The third-order valence-corrected chi connectivity index (χ3v) is 3.24. The first-order valence-electron chi connectivity index (χ1n) is 6.01. The lowest BCUT2D eigenvalue weighted by Crippen LogP contribution is -2.13. The lowest BCUT2D eigenvalue weighted by Gasteiger charge is -2.16. The highest BCUT2D eigenvalue weighted by Crippen LogP contribution is 2.30. The van der Waals surface area contributed by atoms with Gasteiger partial charge in [-0.3, -0.25) is 0 Å². The van der Waals surface area contributed by atoms with E-state index in [-0.39, 0.29) is 11.1 Å². The summed E-state index contributed by atoms with van der Waals surface area (Å²) in [7, 11) is 1.88. The van der Waals surface area contributed by atoms with E-state index in [2.05, 4.69) is 5.32 Å². The monoisotopic (exact) mass is 279 g/mol. The lowest BCUT2D eigenvalue weighted by atomic mass is 10.1. The highest BCUT2D eigenvalue weighted by atomic mass is 35.5. The molecule has 4 heteroatoms. The molecule has 1 unspecified atom stereocenters. The maximum atomic E-state index is 13.4. The van der Waals surface area contributed by atoms with Crippen molar-refractivity contribution in [2.45, 2.75) is 13.0 Å². The largest absolute Gasteiger partial charge is 0.457 e. The summed E-state index contributed by atoms with van der Waals surface area (Å²) in [6.45, 7) is 2.03. The van der Waals surface area contributed by atoms with Gasteiger partial charge in [-0.1, -0.05) is 29.8 Å². The van der Waals surface area contributed by atoms with Crippen LogP contribution in [0.3, 0.4) is 0 Å². The van der Waals surface area contributed by atoms with Crippen LogP contribution in [-0.4, -0.2) is 7.05 Å². The zero-order valence-corrected chi connectivity index (χ0v) is 11.5. The molecular formula is C15H15ClFNO. The van der Waals surface area contributed by atoms with Crippen LogP contribution in [0.2, 0.25) is 5.02 Å². The second-order valence-electron chi connectivity index (χ2n) is 4.23. The Morgan fingerprint density at radius 3 is 2.63 bits per heavy atom. The molecule has 100 valence electrons. The Morgan fingerprint density at radius 1 is 1.21 bits per heavy atom. The van der Waals surface area contributed by atoms with Crippen LogP contribution < -0.4 is 10.1 Å². The Morgan fingerprint density at radius 2 is 1.95 bits per heavy atom. The average molecular weight is 280 g/mol. The van der Waals surface area contributed by atoms with Crippen molar-refractivity contribution in [3.63, 3.8) is 0 Å². The molecule has 0 bridgehead atoms. The predicted molar refractivity (Wildman–Crippen MR) is 75.4 cm³/mol. The molecule has 1 N–H and O–H groups in total. The number of nitrogens with one attached hydrogen (secondary N) is 1. The second kappa shape index (κ2) is 6.04. The van der Waals surface area contributed by atoms with Crippen molar-refractivity contribution in [1.29, 1.82) is 0 Å². The minimum Gasteiger partial charge on any atom is -0.457 e. The van der Waals surface area contributed by atoms with Crippen molar-refractivity contribution < 1.29 is 9.13 Å². The predicted octanol–water partition coefficient (Wildman–Crippen LogP) is 4.55. The maximum absolute atomic E-state index is 13.4. The summed E-state index contributed by atoms with van der Waals surface area (Å²) >= 11 is 5.65. The summed E-state index contributed by atoms with van der Waals surface area (Å²) in [6.07, 6.45) is 0. The van der Waals surface area contributed by atoms with Crippen LogP contribution in [-0.2, 0) is 0 Å². The first-order valence-corrected chi connectivity index (χ1v) is 6.38. The van der Waals surface area contributed by atoms with Crippen LogP contribution in [0.15, 0.2) is 42.5 Å². The number of halogens is 2. The van der Waals surface area contributed by atoms with E-state index < -0.39 is 5.82 Å². The van der Waals surface area contributed by atoms with Crippen LogP contribution in [0, 0.1) is 5.82 Å². The van der Waals surface area contributed by atoms with E-state index in [1.807, 2.05) is 38.2 Å². The van der Waals surface area contributed by atoms with Crippen molar-refractivity contribution in [3.8, 4) is 11.5 Å². The van der Waals surface area contributed by atoms with E-state index >= 15 is 0 Å². The van der Waals surface area contributed by atoms with Gasteiger partial charge in [0, 0.05) is 17.7 Å². The molecule has 0 saturated carbocycles. The fourth-order valence-electron chi connectivity index (χ4n) is 1.75.